The highest BCUT2D eigenvalue weighted by molar-refractivity contribution is 5.99. The lowest BCUT2D eigenvalue weighted by atomic mass is 10.1. The van der Waals surface area contributed by atoms with Crippen LogP contribution in [0.25, 0.3) is 0 Å². The van der Waals surface area contributed by atoms with E-state index >= 15 is 0 Å². The van der Waals surface area contributed by atoms with Crippen LogP contribution in [0.5, 0.6) is 0 Å². The highest BCUT2D eigenvalue weighted by Gasteiger charge is 2.04. The molecule has 0 saturated heterocycles. The van der Waals surface area contributed by atoms with Gasteiger partial charge >= 0.3 is 0 Å². The molecule has 1 rings (SSSR count). The van der Waals surface area contributed by atoms with Crippen molar-refractivity contribution in [2.75, 3.05) is 19.3 Å². The van der Waals surface area contributed by atoms with E-state index in [1.54, 1.807) is 12.1 Å². The summed E-state index contributed by atoms with van der Waals surface area (Å²) in [4.78, 5) is 11.2. The van der Waals surface area contributed by atoms with Crippen molar-refractivity contribution < 1.29 is 4.79 Å². The maximum atomic E-state index is 11.2. The summed E-state index contributed by atoms with van der Waals surface area (Å²) >= 11 is 0. The van der Waals surface area contributed by atoms with Crippen LogP contribution in [0.2, 0.25) is 0 Å². The standard InChI is InChI=1S/C12H14N2O/c1-9(15)11-8-10(4-3-7-14-2)5-6-12(11)13/h5-6,8,14H,7,13H2,1-2H3. The van der Waals surface area contributed by atoms with E-state index in [1.165, 1.54) is 6.92 Å². The van der Waals surface area contributed by atoms with Crippen molar-refractivity contribution in [3.63, 3.8) is 0 Å². The fraction of sp³-hybridized carbons (Fsp3) is 0.250. The summed E-state index contributed by atoms with van der Waals surface area (Å²) in [6, 6.07) is 5.24. The van der Waals surface area contributed by atoms with E-state index in [9.17, 15) is 4.79 Å². The second-order valence-electron chi connectivity index (χ2n) is 3.19. The molecule has 0 atom stereocenters. The number of carbonyl (C=O) groups excluding carboxylic acids is 1. The van der Waals surface area contributed by atoms with Crippen molar-refractivity contribution in [2.45, 2.75) is 6.92 Å². The van der Waals surface area contributed by atoms with Gasteiger partial charge in [0.15, 0.2) is 5.78 Å². The van der Waals surface area contributed by atoms with Gasteiger partial charge < -0.3 is 11.1 Å². The van der Waals surface area contributed by atoms with Crippen LogP contribution in [0, 0.1) is 11.8 Å². The molecule has 0 saturated carbocycles. The molecular formula is C12H14N2O. The molecule has 0 aromatic heterocycles. The fourth-order valence-corrected chi connectivity index (χ4v) is 1.17. The molecule has 3 N–H and O–H groups in total. The van der Waals surface area contributed by atoms with E-state index in [0.717, 1.165) is 5.56 Å². The van der Waals surface area contributed by atoms with Gasteiger partial charge in [0.05, 0.1) is 6.54 Å². The third kappa shape index (κ3) is 3.12. The molecule has 0 heterocycles. The maximum absolute atomic E-state index is 11.2. The third-order valence-electron chi connectivity index (χ3n) is 1.93. The molecule has 0 unspecified atom stereocenters. The smallest absolute Gasteiger partial charge is 0.161 e. The summed E-state index contributed by atoms with van der Waals surface area (Å²) in [5, 5.41) is 2.92. The molecule has 3 nitrogen and oxygen atoms in total. The molecule has 0 amide bonds. The van der Waals surface area contributed by atoms with Gasteiger partial charge in [-0.25, -0.2) is 0 Å². The number of nitrogens with two attached hydrogens (primary N) is 1. The van der Waals surface area contributed by atoms with Gasteiger partial charge in [0, 0.05) is 16.8 Å². The first-order valence-electron chi connectivity index (χ1n) is 4.69. The van der Waals surface area contributed by atoms with Gasteiger partial charge in [-0.05, 0) is 32.2 Å². The number of anilines is 1. The quantitative estimate of drug-likeness (QED) is 0.428. The summed E-state index contributed by atoms with van der Waals surface area (Å²) in [5.41, 5.74) is 7.51. The Morgan fingerprint density at radius 1 is 1.53 bits per heavy atom. The molecule has 1 aromatic carbocycles. The van der Waals surface area contributed by atoms with Crippen LogP contribution in [0.3, 0.4) is 0 Å². The van der Waals surface area contributed by atoms with Crippen molar-refractivity contribution in [3.05, 3.63) is 29.3 Å². The maximum Gasteiger partial charge on any atom is 0.161 e. The molecule has 3 heteroatoms. The highest BCUT2D eigenvalue weighted by Crippen LogP contribution is 2.13. The van der Waals surface area contributed by atoms with E-state index < -0.39 is 0 Å². The Kier molecular flexibility index (Phi) is 3.90. The van der Waals surface area contributed by atoms with E-state index in [-0.39, 0.29) is 5.78 Å². The first-order chi connectivity index (χ1) is 7.15. The molecule has 78 valence electrons. The first kappa shape index (κ1) is 11.3. The molecule has 1 aromatic rings. The molecule has 0 fully saturated rings. The van der Waals surface area contributed by atoms with Gasteiger partial charge in [-0.1, -0.05) is 11.8 Å². The average molecular weight is 202 g/mol. The van der Waals surface area contributed by atoms with Crippen molar-refractivity contribution in [1.29, 1.82) is 0 Å². The lowest BCUT2D eigenvalue weighted by Crippen LogP contribution is -2.04. The second-order valence-corrected chi connectivity index (χ2v) is 3.19. The molecule has 0 aliphatic carbocycles. The molecular weight excluding hydrogens is 188 g/mol. The Morgan fingerprint density at radius 2 is 2.27 bits per heavy atom. The molecule has 0 aliphatic rings. The van der Waals surface area contributed by atoms with Crippen LogP contribution < -0.4 is 11.1 Å². The van der Waals surface area contributed by atoms with Crippen LogP contribution in [-0.2, 0) is 0 Å². The van der Waals surface area contributed by atoms with Crippen molar-refractivity contribution in [1.82, 2.24) is 5.32 Å². The molecule has 0 aliphatic heterocycles. The van der Waals surface area contributed by atoms with Crippen LogP contribution in [-0.4, -0.2) is 19.4 Å². The number of ketones is 1. The Balaban J connectivity index is 2.99. The zero-order valence-electron chi connectivity index (χ0n) is 8.92. The lowest BCUT2D eigenvalue weighted by Gasteiger charge is -2.01. The van der Waals surface area contributed by atoms with Crippen molar-refractivity contribution in [2.24, 2.45) is 0 Å². The number of carbonyl (C=O) groups is 1. The van der Waals surface area contributed by atoms with Gasteiger partial charge in [-0.15, -0.1) is 0 Å². The predicted octanol–water partition coefficient (Wildman–Crippen LogP) is 1.04. The minimum Gasteiger partial charge on any atom is -0.398 e. The van der Waals surface area contributed by atoms with Crippen LogP contribution >= 0.6 is 0 Å². The number of benzene rings is 1. The average Bonchev–Trinajstić information content (AvgIpc) is 2.20. The molecule has 0 bridgehead atoms. The number of rotatable bonds is 2. The third-order valence-corrected chi connectivity index (χ3v) is 1.93. The SMILES string of the molecule is CNCC#Cc1ccc(N)c(C(C)=O)c1. The zero-order chi connectivity index (χ0) is 11.3. The van der Waals surface area contributed by atoms with Gasteiger partial charge in [-0.3, -0.25) is 4.79 Å². The fourth-order valence-electron chi connectivity index (χ4n) is 1.17. The summed E-state index contributed by atoms with van der Waals surface area (Å²) in [6.45, 7) is 2.12. The van der Waals surface area contributed by atoms with E-state index in [0.29, 0.717) is 17.8 Å². The second kappa shape index (κ2) is 5.18. The highest BCUT2D eigenvalue weighted by atomic mass is 16.1. The Hall–Kier alpha value is -1.79. The summed E-state index contributed by atoms with van der Waals surface area (Å²) in [6.07, 6.45) is 0. The number of nitrogens with one attached hydrogen (secondary N) is 1. The normalized spacial score (nSPS) is 9.20. The lowest BCUT2D eigenvalue weighted by molar-refractivity contribution is 0.101. The van der Waals surface area contributed by atoms with Crippen molar-refractivity contribution >= 4 is 11.5 Å². The summed E-state index contributed by atoms with van der Waals surface area (Å²) < 4.78 is 0. The number of Topliss-reactive ketones (excluding diaryl/α,β-unsaturated/α-hetero) is 1. The van der Waals surface area contributed by atoms with Gasteiger partial charge in [0.25, 0.3) is 0 Å². The van der Waals surface area contributed by atoms with Crippen LogP contribution in [0.4, 0.5) is 5.69 Å². The van der Waals surface area contributed by atoms with E-state index in [1.807, 2.05) is 13.1 Å². The Labute approximate surface area is 89.7 Å². The predicted molar refractivity (Wildman–Crippen MR) is 61.7 cm³/mol. The van der Waals surface area contributed by atoms with Crippen LogP contribution in [0.15, 0.2) is 18.2 Å². The topological polar surface area (TPSA) is 55.1 Å². The first-order valence-corrected chi connectivity index (χ1v) is 4.69. The molecule has 0 radical (unpaired) electrons. The van der Waals surface area contributed by atoms with Crippen molar-refractivity contribution in [3.8, 4) is 11.8 Å². The number of hydrogen-bond acceptors (Lipinski definition) is 3. The van der Waals surface area contributed by atoms with Gasteiger partial charge in [-0.2, -0.15) is 0 Å². The zero-order valence-corrected chi connectivity index (χ0v) is 8.92. The molecule has 15 heavy (non-hydrogen) atoms. The van der Waals surface area contributed by atoms with Gasteiger partial charge in [0.1, 0.15) is 0 Å². The summed E-state index contributed by atoms with van der Waals surface area (Å²) in [7, 11) is 1.83. The van der Waals surface area contributed by atoms with Gasteiger partial charge in [0.2, 0.25) is 0 Å². The van der Waals surface area contributed by atoms with Crippen LogP contribution in [0.1, 0.15) is 22.8 Å². The molecule has 0 spiro atoms. The number of hydrogen-bond donors (Lipinski definition) is 2. The largest absolute Gasteiger partial charge is 0.398 e. The Bertz CT molecular complexity index is 427. The minimum absolute atomic E-state index is 0.0373. The summed E-state index contributed by atoms with van der Waals surface area (Å²) in [5.74, 6) is 5.83. The monoisotopic (exact) mass is 202 g/mol. The Morgan fingerprint density at radius 3 is 2.87 bits per heavy atom. The number of nitrogen functional groups attached to an aromatic ring is 1. The minimum atomic E-state index is -0.0373. The van der Waals surface area contributed by atoms with E-state index in [4.69, 9.17) is 5.73 Å². The van der Waals surface area contributed by atoms with E-state index in [2.05, 4.69) is 17.2 Å².